The van der Waals surface area contributed by atoms with Crippen molar-refractivity contribution in [2.45, 2.75) is 25.7 Å². The van der Waals surface area contributed by atoms with Crippen LogP contribution in [0.2, 0.25) is 0 Å². The molecule has 0 spiro atoms. The third-order valence-electron chi connectivity index (χ3n) is 7.64. The van der Waals surface area contributed by atoms with Crippen molar-refractivity contribution < 1.29 is 4.42 Å². The van der Waals surface area contributed by atoms with Gasteiger partial charge >= 0.3 is 0 Å². The largest absolute Gasteiger partial charge is 0.461 e. The van der Waals surface area contributed by atoms with Crippen molar-refractivity contribution in [2.75, 3.05) is 0 Å². The molecule has 182 valence electrons. The van der Waals surface area contributed by atoms with Crippen molar-refractivity contribution in [2.24, 2.45) is 0 Å². The molecule has 4 aromatic carbocycles. The van der Waals surface area contributed by atoms with Crippen molar-refractivity contribution in [3.63, 3.8) is 0 Å². The van der Waals surface area contributed by atoms with E-state index in [-0.39, 0.29) is 0 Å². The van der Waals surface area contributed by atoms with Gasteiger partial charge in [0.25, 0.3) is 0 Å². The smallest absolute Gasteiger partial charge is 0.238 e. The lowest BCUT2D eigenvalue weighted by Crippen LogP contribution is -2.06. The summed E-state index contributed by atoms with van der Waals surface area (Å²) in [7, 11) is 0. The topological polar surface area (TPSA) is 56.7 Å². The van der Waals surface area contributed by atoms with Gasteiger partial charge in [0.05, 0.1) is 11.0 Å². The molecule has 1 aliphatic carbocycles. The van der Waals surface area contributed by atoms with Gasteiger partial charge in [-0.2, -0.15) is 9.97 Å². The zero-order valence-corrected chi connectivity index (χ0v) is 20.8. The van der Waals surface area contributed by atoms with Crippen molar-refractivity contribution in [3.05, 3.63) is 108 Å². The first-order valence-corrected chi connectivity index (χ1v) is 13.2. The Kier molecular flexibility index (Phi) is 4.71. The number of para-hydroxylation sites is 1. The lowest BCUT2D eigenvalue weighted by atomic mass is 9.95. The molecule has 7 aromatic rings. The molecule has 0 saturated heterocycles. The minimum Gasteiger partial charge on any atom is -0.461 e. The van der Waals surface area contributed by atoms with Gasteiger partial charge in [0.2, 0.25) is 5.95 Å². The Labute approximate surface area is 219 Å². The summed E-state index contributed by atoms with van der Waals surface area (Å²) in [4.78, 5) is 14.9. The van der Waals surface area contributed by atoms with Crippen molar-refractivity contribution in [1.29, 1.82) is 0 Å². The van der Waals surface area contributed by atoms with E-state index in [1.54, 1.807) is 0 Å². The lowest BCUT2D eigenvalue weighted by molar-refractivity contribution is 0.506. The average Bonchev–Trinajstić information content (AvgIpc) is 3.51. The van der Waals surface area contributed by atoms with Crippen LogP contribution in [-0.2, 0) is 12.8 Å². The fraction of sp³-hybridized carbons (Fsp3) is 0.121. The van der Waals surface area contributed by atoms with Gasteiger partial charge < -0.3 is 4.42 Å². The molecular weight excluding hydrogens is 468 g/mol. The second-order valence-electron chi connectivity index (χ2n) is 9.94. The van der Waals surface area contributed by atoms with Gasteiger partial charge in [0.1, 0.15) is 11.3 Å². The van der Waals surface area contributed by atoms with E-state index in [0.29, 0.717) is 17.6 Å². The van der Waals surface area contributed by atoms with E-state index in [1.165, 1.54) is 34.6 Å². The van der Waals surface area contributed by atoms with Crippen molar-refractivity contribution in [3.8, 4) is 28.7 Å². The normalized spacial score (nSPS) is 13.4. The molecule has 0 atom stereocenters. The van der Waals surface area contributed by atoms with Gasteiger partial charge in [-0.25, -0.2) is 4.98 Å². The molecule has 3 heterocycles. The minimum atomic E-state index is 0.597. The van der Waals surface area contributed by atoms with E-state index in [1.807, 2.05) is 60.7 Å². The summed E-state index contributed by atoms with van der Waals surface area (Å²) in [6, 6.07) is 33.2. The molecule has 38 heavy (non-hydrogen) atoms. The average molecular weight is 493 g/mol. The fourth-order valence-electron chi connectivity index (χ4n) is 5.84. The zero-order chi connectivity index (χ0) is 25.1. The molecule has 1 aliphatic rings. The van der Waals surface area contributed by atoms with Gasteiger partial charge in [-0.15, -0.1) is 0 Å². The lowest BCUT2D eigenvalue weighted by Gasteiger charge is -2.10. The highest BCUT2D eigenvalue weighted by Gasteiger charge is 2.22. The Morgan fingerprint density at radius 3 is 1.97 bits per heavy atom. The van der Waals surface area contributed by atoms with Crippen LogP contribution in [-0.4, -0.2) is 19.5 Å². The van der Waals surface area contributed by atoms with Gasteiger partial charge in [0, 0.05) is 45.3 Å². The number of fused-ring (bicyclic) bond motifs is 6. The molecule has 0 amide bonds. The van der Waals surface area contributed by atoms with Gasteiger partial charge in [0.15, 0.2) is 11.6 Å². The summed E-state index contributed by atoms with van der Waals surface area (Å²) < 4.78 is 8.56. The summed E-state index contributed by atoms with van der Waals surface area (Å²) >= 11 is 0. The Morgan fingerprint density at radius 1 is 0.579 bits per heavy atom. The molecule has 0 unspecified atom stereocenters. The molecular formula is C33H24N4O. The molecule has 8 rings (SSSR count). The number of nitrogens with zero attached hydrogens (tertiary/aromatic N) is 4. The highest BCUT2D eigenvalue weighted by Crippen LogP contribution is 2.39. The van der Waals surface area contributed by atoms with E-state index in [9.17, 15) is 0 Å². The maximum absolute atomic E-state index is 6.41. The van der Waals surface area contributed by atoms with Crippen LogP contribution < -0.4 is 0 Å². The number of benzene rings is 4. The summed E-state index contributed by atoms with van der Waals surface area (Å²) in [6.07, 6.45) is 4.51. The highest BCUT2D eigenvalue weighted by atomic mass is 16.3. The van der Waals surface area contributed by atoms with Crippen LogP contribution in [0.3, 0.4) is 0 Å². The van der Waals surface area contributed by atoms with E-state index in [0.717, 1.165) is 46.3 Å². The van der Waals surface area contributed by atoms with Crippen LogP contribution >= 0.6 is 0 Å². The molecule has 0 saturated carbocycles. The van der Waals surface area contributed by atoms with Crippen LogP contribution in [0.25, 0.3) is 61.5 Å². The summed E-state index contributed by atoms with van der Waals surface area (Å²) in [5.74, 6) is 3.04. The number of aryl methyl sites for hydroxylation is 2. The first kappa shape index (κ1) is 21.3. The molecule has 0 radical (unpaired) electrons. The molecule has 0 N–H and O–H groups in total. The van der Waals surface area contributed by atoms with Crippen molar-refractivity contribution >= 4 is 32.8 Å². The van der Waals surface area contributed by atoms with Crippen molar-refractivity contribution in [1.82, 2.24) is 19.5 Å². The Morgan fingerprint density at radius 2 is 1.24 bits per heavy atom. The third-order valence-corrected chi connectivity index (χ3v) is 7.64. The SMILES string of the molecule is c1ccc(-c2nc(-c3ccccc3)nc(-n3c4ccccc4c4cc5c6c(oc5cc43)CCCC6)n2)cc1. The van der Waals surface area contributed by atoms with E-state index in [2.05, 4.69) is 41.0 Å². The van der Waals surface area contributed by atoms with E-state index >= 15 is 0 Å². The van der Waals surface area contributed by atoms with Gasteiger partial charge in [-0.05, 0) is 31.4 Å². The minimum absolute atomic E-state index is 0.597. The Bertz CT molecular complexity index is 1910. The van der Waals surface area contributed by atoms with Gasteiger partial charge in [-0.1, -0.05) is 78.9 Å². The third kappa shape index (κ3) is 3.28. The second kappa shape index (κ2) is 8.38. The van der Waals surface area contributed by atoms with Crippen LogP contribution in [0, 0.1) is 0 Å². The Balaban J connectivity index is 1.45. The predicted molar refractivity (Wildman–Crippen MR) is 151 cm³/mol. The van der Waals surface area contributed by atoms with Crippen LogP contribution in [0.1, 0.15) is 24.2 Å². The number of hydrogen-bond acceptors (Lipinski definition) is 4. The first-order chi connectivity index (χ1) is 18.8. The molecule has 3 aromatic heterocycles. The summed E-state index contributed by atoms with van der Waals surface area (Å²) in [5, 5.41) is 3.60. The van der Waals surface area contributed by atoms with Crippen LogP contribution in [0.5, 0.6) is 0 Å². The first-order valence-electron chi connectivity index (χ1n) is 13.2. The molecule has 5 nitrogen and oxygen atoms in total. The maximum Gasteiger partial charge on any atom is 0.238 e. The van der Waals surface area contributed by atoms with Crippen LogP contribution in [0.15, 0.2) is 101 Å². The number of hydrogen-bond donors (Lipinski definition) is 0. The Hall–Kier alpha value is -4.77. The standard InChI is InChI=1S/C33H24N4O/c1-3-11-21(12-4-1)31-34-32(22-13-5-2-6-14-22)36-33(35-31)37-27-17-9-7-15-23(27)25-19-26-24-16-8-10-18-29(24)38-30(26)20-28(25)37/h1-7,9,11-15,17,19-20H,8,10,16,18H2. The number of aromatic nitrogens is 4. The van der Waals surface area contributed by atoms with E-state index < -0.39 is 0 Å². The highest BCUT2D eigenvalue weighted by molar-refractivity contribution is 6.13. The molecule has 0 aliphatic heterocycles. The second-order valence-corrected chi connectivity index (χ2v) is 9.94. The zero-order valence-electron chi connectivity index (χ0n) is 20.8. The maximum atomic E-state index is 6.41. The molecule has 0 fully saturated rings. The molecule has 5 heteroatoms. The number of furan rings is 1. The monoisotopic (exact) mass is 492 g/mol. The molecule has 0 bridgehead atoms. The fourth-order valence-corrected chi connectivity index (χ4v) is 5.84. The van der Waals surface area contributed by atoms with Gasteiger partial charge in [-0.3, -0.25) is 4.57 Å². The quantitative estimate of drug-likeness (QED) is 0.251. The number of rotatable bonds is 3. The van der Waals surface area contributed by atoms with E-state index in [4.69, 9.17) is 19.4 Å². The summed E-state index contributed by atoms with van der Waals surface area (Å²) in [5.41, 5.74) is 6.32. The summed E-state index contributed by atoms with van der Waals surface area (Å²) in [6.45, 7) is 0. The van der Waals surface area contributed by atoms with Crippen LogP contribution in [0.4, 0.5) is 0 Å². The predicted octanol–water partition coefficient (Wildman–Crippen LogP) is 7.93.